The molecule has 16 heavy (non-hydrogen) atoms. The molecule has 0 aliphatic rings. The van der Waals surface area contributed by atoms with Crippen LogP contribution in [0.4, 0.5) is 0 Å². The Morgan fingerprint density at radius 2 is 1.81 bits per heavy atom. The van der Waals surface area contributed by atoms with Crippen molar-refractivity contribution < 1.29 is 9.47 Å². The molecular formula is C13H21NO2. The molecule has 0 saturated carbocycles. The Morgan fingerprint density at radius 3 is 2.50 bits per heavy atom. The van der Waals surface area contributed by atoms with E-state index in [1.807, 2.05) is 31.3 Å². The summed E-state index contributed by atoms with van der Waals surface area (Å²) in [6.07, 6.45) is 3.47. The molecule has 0 radical (unpaired) electrons. The molecule has 0 unspecified atom stereocenters. The van der Waals surface area contributed by atoms with Crippen LogP contribution in [0.1, 0.15) is 19.3 Å². The van der Waals surface area contributed by atoms with Gasteiger partial charge in [-0.3, -0.25) is 0 Å². The molecular weight excluding hydrogens is 202 g/mol. The lowest BCUT2D eigenvalue weighted by Gasteiger charge is -2.09. The highest BCUT2D eigenvalue weighted by Crippen LogP contribution is 2.25. The van der Waals surface area contributed by atoms with Gasteiger partial charge in [-0.1, -0.05) is 12.1 Å². The van der Waals surface area contributed by atoms with Crippen molar-refractivity contribution in [2.75, 3.05) is 27.3 Å². The third-order valence-electron chi connectivity index (χ3n) is 2.40. The second kappa shape index (κ2) is 7.99. The van der Waals surface area contributed by atoms with Crippen molar-refractivity contribution in [3.8, 4) is 11.5 Å². The van der Waals surface area contributed by atoms with E-state index < -0.39 is 0 Å². The summed E-state index contributed by atoms with van der Waals surface area (Å²) >= 11 is 0. The monoisotopic (exact) mass is 223 g/mol. The maximum absolute atomic E-state index is 5.66. The minimum absolute atomic E-state index is 0.754. The van der Waals surface area contributed by atoms with Crippen LogP contribution in [0.2, 0.25) is 0 Å². The normalized spacial score (nSPS) is 10.1. The SMILES string of the molecule is CNCCCCCOc1ccccc1OC. The average Bonchev–Trinajstić information content (AvgIpc) is 2.34. The van der Waals surface area contributed by atoms with Crippen molar-refractivity contribution in [2.24, 2.45) is 0 Å². The molecule has 0 atom stereocenters. The molecule has 0 fully saturated rings. The molecule has 0 amide bonds. The third kappa shape index (κ3) is 4.53. The Hall–Kier alpha value is -1.22. The molecule has 1 aromatic carbocycles. The van der Waals surface area contributed by atoms with Gasteiger partial charge in [-0.25, -0.2) is 0 Å². The van der Waals surface area contributed by atoms with Gasteiger partial charge in [-0.15, -0.1) is 0 Å². The van der Waals surface area contributed by atoms with Crippen LogP contribution >= 0.6 is 0 Å². The van der Waals surface area contributed by atoms with Gasteiger partial charge in [0, 0.05) is 0 Å². The molecule has 3 heteroatoms. The van der Waals surface area contributed by atoms with E-state index in [1.165, 1.54) is 12.8 Å². The van der Waals surface area contributed by atoms with Crippen LogP contribution in [0.15, 0.2) is 24.3 Å². The average molecular weight is 223 g/mol. The largest absolute Gasteiger partial charge is 0.493 e. The molecule has 0 aliphatic carbocycles. The van der Waals surface area contributed by atoms with E-state index in [2.05, 4.69) is 5.32 Å². The standard InChI is InChI=1S/C13H21NO2/c1-14-10-6-3-7-11-16-13-9-5-4-8-12(13)15-2/h4-5,8-9,14H,3,6-7,10-11H2,1-2H3. The number of benzene rings is 1. The first kappa shape index (κ1) is 12.8. The zero-order chi connectivity index (χ0) is 11.6. The predicted octanol–water partition coefficient (Wildman–Crippen LogP) is 2.46. The molecule has 0 saturated heterocycles. The minimum Gasteiger partial charge on any atom is -0.493 e. The lowest BCUT2D eigenvalue weighted by molar-refractivity contribution is 0.285. The summed E-state index contributed by atoms with van der Waals surface area (Å²) in [4.78, 5) is 0. The highest BCUT2D eigenvalue weighted by Gasteiger charge is 2.01. The Balaban J connectivity index is 2.21. The molecule has 0 aliphatic heterocycles. The summed E-state index contributed by atoms with van der Waals surface area (Å²) in [6, 6.07) is 7.75. The van der Waals surface area contributed by atoms with Crippen LogP contribution < -0.4 is 14.8 Å². The van der Waals surface area contributed by atoms with Gasteiger partial charge in [0.15, 0.2) is 11.5 Å². The number of unbranched alkanes of at least 4 members (excludes halogenated alkanes) is 2. The summed E-state index contributed by atoms with van der Waals surface area (Å²) in [5.41, 5.74) is 0. The highest BCUT2D eigenvalue weighted by molar-refractivity contribution is 5.39. The fourth-order valence-corrected chi connectivity index (χ4v) is 1.50. The number of rotatable bonds is 8. The van der Waals surface area contributed by atoms with Crippen LogP contribution in [0.5, 0.6) is 11.5 Å². The van der Waals surface area contributed by atoms with Crippen molar-refractivity contribution in [1.82, 2.24) is 5.32 Å². The van der Waals surface area contributed by atoms with Crippen LogP contribution in [-0.4, -0.2) is 27.3 Å². The van der Waals surface area contributed by atoms with E-state index in [1.54, 1.807) is 7.11 Å². The Morgan fingerprint density at radius 1 is 1.06 bits per heavy atom. The minimum atomic E-state index is 0.754. The smallest absolute Gasteiger partial charge is 0.161 e. The Labute approximate surface area is 97.8 Å². The number of hydrogen-bond donors (Lipinski definition) is 1. The predicted molar refractivity (Wildman–Crippen MR) is 66.3 cm³/mol. The van der Waals surface area contributed by atoms with E-state index in [4.69, 9.17) is 9.47 Å². The van der Waals surface area contributed by atoms with Crippen molar-refractivity contribution in [3.05, 3.63) is 24.3 Å². The second-order valence-electron chi connectivity index (χ2n) is 3.66. The fraction of sp³-hybridized carbons (Fsp3) is 0.538. The van der Waals surface area contributed by atoms with E-state index in [0.29, 0.717) is 0 Å². The second-order valence-corrected chi connectivity index (χ2v) is 3.66. The lowest BCUT2D eigenvalue weighted by atomic mass is 10.2. The molecule has 1 aromatic rings. The first-order valence-corrected chi connectivity index (χ1v) is 5.79. The molecule has 0 heterocycles. The number of hydrogen-bond acceptors (Lipinski definition) is 3. The Kier molecular flexibility index (Phi) is 6.42. The van der Waals surface area contributed by atoms with E-state index in [9.17, 15) is 0 Å². The van der Waals surface area contributed by atoms with E-state index in [-0.39, 0.29) is 0 Å². The molecule has 0 spiro atoms. The van der Waals surface area contributed by atoms with Crippen molar-refractivity contribution in [1.29, 1.82) is 0 Å². The van der Waals surface area contributed by atoms with Gasteiger partial charge in [0.05, 0.1) is 13.7 Å². The fourth-order valence-electron chi connectivity index (χ4n) is 1.50. The molecule has 1 rings (SSSR count). The van der Waals surface area contributed by atoms with Gasteiger partial charge >= 0.3 is 0 Å². The van der Waals surface area contributed by atoms with E-state index >= 15 is 0 Å². The van der Waals surface area contributed by atoms with E-state index in [0.717, 1.165) is 31.1 Å². The van der Waals surface area contributed by atoms with Gasteiger partial charge in [0.25, 0.3) is 0 Å². The zero-order valence-corrected chi connectivity index (χ0v) is 10.2. The third-order valence-corrected chi connectivity index (χ3v) is 2.40. The van der Waals surface area contributed by atoms with Crippen LogP contribution in [0.25, 0.3) is 0 Å². The van der Waals surface area contributed by atoms with Gasteiger partial charge in [0.1, 0.15) is 0 Å². The van der Waals surface area contributed by atoms with Gasteiger partial charge < -0.3 is 14.8 Å². The van der Waals surface area contributed by atoms with Crippen molar-refractivity contribution in [2.45, 2.75) is 19.3 Å². The topological polar surface area (TPSA) is 30.5 Å². The first-order chi connectivity index (χ1) is 7.88. The summed E-state index contributed by atoms with van der Waals surface area (Å²) in [6.45, 7) is 1.83. The molecule has 0 aromatic heterocycles. The summed E-state index contributed by atoms with van der Waals surface area (Å²) in [7, 11) is 3.64. The maximum atomic E-state index is 5.66. The van der Waals surface area contributed by atoms with Gasteiger partial charge in [-0.2, -0.15) is 0 Å². The molecule has 90 valence electrons. The summed E-state index contributed by atoms with van der Waals surface area (Å²) < 4.78 is 10.9. The van der Waals surface area contributed by atoms with Crippen LogP contribution in [0, 0.1) is 0 Å². The summed E-state index contributed by atoms with van der Waals surface area (Å²) in [5, 5.41) is 3.13. The highest BCUT2D eigenvalue weighted by atomic mass is 16.5. The first-order valence-electron chi connectivity index (χ1n) is 5.79. The number of ether oxygens (including phenoxy) is 2. The number of nitrogens with one attached hydrogen (secondary N) is 1. The molecule has 1 N–H and O–H groups in total. The summed E-state index contributed by atoms with van der Waals surface area (Å²) in [5.74, 6) is 1.64. The Bertz CT molecular complexity index is 289. The van der Waals surface area contributed by atoms with Crippen LogP contribution in [0.3, 0.4) is 0 Å². The van der Waals surface area contributed by atoms with Crippen LogP contribution in [-0.2, 0) is 0 Å². The molecule has 0 bridgehead atoms. The zero-order valence-electron chi connectivity index (χ0n) is 10.2. The van der Waals surface area contributed by atoms with Crippen molar-refractivity contribution >= 4 is 0 Å². The quantitative estimate of drug-likeness (QED) is 0.687. The van der Waals surface area contributed by atoms with Gasteiger partial charge in [0.2, 0.25) is 0 Å². The number of methoxy groups -OCH3 is 1. The number of para-hydroxylation sites is 2. The molecule has 3 nitrogen and oxygen atoms in total. The lowest BCUT2D eigenvalue weighted by Crippen LogP contribution is -2.08. The van der Waals surface area contributed by atoms with Gasteiger partial charge in [-0.05, 0) is 45.0 Å². The van der Waals surface area contributed by atoms with Crippen molar-refractivity contribution in [3.63, 3.8) is 0 Å². The maximum Gasteiger partial charge on any atom is 0.161 e.